The lowest BCUT2D eigenvalue weighted by molar-refractivity contribution is -0.274. The molecule has 0 spiro atoms. The highest BCUT2D eigenvalue weighted by Gasteiger charge is 2.31. The Morgan fingerprint density at radius 2 is 1.94 bits per heavy atom. The topological polar surface area (TPSA) is 111 Å². The van der Waals surface area contributed by atoms with Crippen LogP contribution >= 0.6 is 0 Å². The zero-order chi connectivity index (χ0) is 22.9. The van der Waals surface area contributed by atoms with Gasteiger partial charge in [-0.3, -0.25) is 20.1 Å². The van der Waals surface area contributed by atoms with Crippen molar-refractivity contribution < 1.29 is 22.7 Å². The Morgan fingerprint density at radius 1 is 1.23 bits per heavy atom. The van der Waals surface area contributed by atoms with E-state index in [-0.39, 0.29) is 24.6 Å². The molecule has 164 valence electrons. The average Bonchev–Trinajstić information content (AvgIpc) is 2.71. The van der Waals surface area contributed by atoms with Gasteiger partial charge in [-0.15, -0.1) is 13.2 Å². The van der Waals surface area contributed by atoms with E-state index in [0.717, 1.165) is 12.1 Å². The van der Waals surface area contributed by atoms with Crippen molar-refractivity contribution in [2.24, 2.45) is 10.4 Å². The van der Waals surface area contributed by atoms with Gasteiger partial charge in [0.15, 0.2) is 6.19 Å². The molecule has 0 fully saturated rings. The van der Waals surface area contributed by atoms with Gasteiger partial charge >= 0.3 is 6.36 Å². The SMILES string of the molecule is CC(C)(CN=C(NC#N)Nc1cccnc1)CNC(=O)c1ccc(OC(F)(F)F)cc1. The van der Waals surface area contributed by atoms with E-state index in [9.17, 15) is 18.0 Å². The molecule has 0 aliphatic rings. The van der Waals surface area contributed by atoms with Crippen LogP contribution in [0.2, 0.25) is 0 Å². The Hall–Kier alpha value is -3.81. The zero-order valence-corrected chi connectivity index (χ0v) is 16.8. The number of aromatic nitrogens is 1. The summed E-state index contributed by atoms with van der Waals surface area (Å²) in [6.07, 6.45) is 0.196. The summed E-state index contributed by atoms with van der Waals surface area (Å²) in [6.45, 7) is 4.24. The van der Waals surface area contributed by atoms with Crippen LogP contribution in [-0.4, -0.2) is 36.3 Å². The number of ether oxygens (including phenoxy) is 1. The quantitative estimate of drug-likeness (QED) is 0.267. The van der Waals surface area contributed by atoms with Crippen molar-refractivity contribution in [2.45, 2.75) is 20.2 Å². The first-order chi connectivity index (χ1) is 14.6. The number of carbonyl (C=O) groups is 1. The molecule has 31 heavy (non-hydrogen) atoms. The fourth-order valence-electron chi connectivity index (χ4n) is 2.32. The van der Waals surface area contributed by atoms with E-state index in [0.29, 0.717) is 5.69 Å². The van der Waals surface area contributed by atoms with Crippen molar-refractivity contribution in [2.75, 3.05) is 18.4 Å². The molecular formula is C20H21F3N6O2. The predicted molar refractivity (Wildman–Crippen MR) is 108 cm³/mol. The van der Waals surface area contributed by atoms with Crippen LogP contribution in [-0.2, 0) is 0 Å². The number of hydrogen-bond donors (Lipinski definition) is 3. The van der Waals surface area contributed by atoms with Gasteiger partial charge in [0.25, 0.3) is 5.91 Å². The molecule has 1 amide bonds. The van der Waals surface area contributed by atoms with Gasteiger partial charge in [-0.25, -0.2) is 0 Å². The Balaban J connectivity index is 1.92. The summed E-state index contributed by atoms with van der Waals surface area (Å²) in [5.41, 5.74) is 0.362. The van der Waals surface area contributed by atoms with Gasteiger partial charge in [0.05, 0.1) is 11.9 Å². The maximum atomic E-state index is 12.3. The number of anilines is 1. The molecule has 0 aliphatic heterocycles. The predicted octanol–water partition coefficient (Wildman–Crippen LogP) is 3.27. The van der Waals surface area contributed by atoms with E-state index in [1.165, 1.54) is 12.1 Å². The van der Waals surface area contributed by atoms with Gasteiger partial charge in [-0.1, -0.05) is 13.8 Å². The second kappa shape index (κ2) is 10.3. The third kappa shape index (κ3) is 8.61. The van der Waals surface area contributed by atoms with Crippen LogP contribution in [0.1, 0.15) is 24.2 Å². The summed E-state index contributed by atoms with van der Waals surface area (Å²) in [7, 11) is 0. The molecule has 11 heteroatoms. The normalized spacial score (nSPS) is 11.9. The summed E-state index contributed by atoms with van der Waals surface area (Å²) in [5, 5.41) is 17.0. The lowest BCUT2D eigenvalue weighted by Gasteiger charge is -2.23. The van der Waals surface area contributed by atoms with E-state index < -0.39 is 23.4 Å². The summed E-state index contributed by atoms with van der Waals surface area (Å²) in [4.78, 5) is 20.6. The molecule has 0 unspecified atom stereocenters. The van der Waals surface area contributed by atoms with Gasteiger partial charge < -0.3 is 15.4 Å². The second-order valence-electron chi connectivity index (χ2n) is 7.19. The number of pyridine rings is 1. The van der Waals surface area contributed by atoms with Crippen LogP contribution in [0.3, 0.4) is 0 Å². The van der Waals surface area contributed by atoms with Crippen LogP contribution in [0.4, 0.5) is 18.9 Å². The fraction of sp³-hybridized carbons (Fsp3) is 0.300. The zero-order valence-electron chi connectivity index (χ0n) is 16.8. The molecule has 0 saturated heterocycles. The minimum Gasteiger partial charge on any atom is -0.406 e. The molecule has 0 bridgehead atoms. The third-order valence-corrected chi connectivity index (χ3v) is 3.84. The largest absolute Gasteiger partial charge is 0.573 e. The van der Waals surface area contributed by atoms with Crippen LogP contribution in [0, 0.1) is 16.9 Å². The van der Waals surface area contributed by atoms with Gasteiger partial charge in [0.1, 0.15) is 5.75 Å². The summed E-state index contributed by atoms with van der Waals surface area (Å²) in [6, 6.07) is 8.12. The van der Waals surface area contributed by atoms with E-state index in [1.54, 1.807) is 30.7 Å². The average molecular weight is 434 g/mol. The molecule has 0 atom stereocenters. The van der Waals surface area contributed by atoms with Crippen LogP contribution in [0.15, 0.2) is 53.8 Å². The third-order valence-electron chi connectivity index (χ3n) is 3.84. The van der Waals surface area contributed by atoms with Crippen LogP contribution in [0.25, 0.3) is 0 Å². The smallest absolute Gasteiger partial charge is 0.406 e. The highest BCUT2D eigenvalue weighted by Crippen LogP contribution is 2.23. The molecule has 2 rings (SSSR count). The number of carbonyl (C=O) groups excluding carboxylic acids is 1. The number of amides is 1. The molecule has 1 aromatic carbocycles. The van der Waals surface area contributed by atoms with E-state index in [4.69, 9.17) is 5.26 Å². The number of halogens is 3. The summed E-state index contributed by atoms with van der Waals surface area (Å²) >= 11 is 0. The Morgan fingerprint density at radius 3 is 2.52 bits per heavy atom. The van der Waals surface area contributed by atoms with Crippen molar-refractivity contribution in [3.63, 3.8) is 0 Å². The van der Waals surface area contributed by atoms with Crippen molar-refractivity contribution in [1.82, 2.24) is 15.6 Å². The van der Waals surface area contributed by atoms with Gasteiger partial charge in [0, 0.05) is 30.3 Å². The van der Waals surface area contributed by atoms with E-state index in [2.05, 4.69) is 30.7 Å². The molecule has 2 aromatic rings. The molecule has 0 saturated carbocycles. The number of benzene rings is 1. The number of nitrogens with one attached hydrogen (secondary N) is 3. The summed E-state index contributed by atoms with van der Waals surface area (Å²) < 4.78 is 40.4. The maximum Gasteiger partial charge on any atom is 0.573 e. The number of alkyl halides is 3. The van der Waals surface area contributed by atoms with Crippen molar-refractivity contribution in [1.29, 1.82) is 5.26 Å². The van der Waals surface area contributed by atoms with E-state index in [1.807, 2.05) is 13.8 Å². The summed E-state index contributed by atoms with van der Waals surface area (Å²) in [5.74, 6) is -0.619. The van der Waals surface area contributed by atoms with Crippen molar-refractivity contribution in [3.8, 4) is 11.9 Å². The highest BCUT2D eigenvalue weighted by atomic mass is 19.4. The first kappa shape index (κ1) is 23.5. The van der Waals surface area contributed by atoms with E-state index >= 15 is 0 Å². The first-order valence-electron chi connectivity index (χ1n) is 9.09. The Kier molecular flexibility index (Phi) is 7.79. The monoisotopic (exact) mass is 434 g/mol. The standard InChI is InChI=1S/C20H21F3N6O2/c1-19(2,12-27-18(28-13-24)29-15-4-3-9-25-10-15)11-26-17(30)14-5-7-16(8-6-14)31-20(21,22)23/h3-10H,11-12H2,1-2H3,(H,26,30)(H2,27,28,29). The minimum absolute atomic E-state index is 0.193. The van der Waals surface area contributed by atoms with Crippen LogP contribution in [0.5, 0.6) is 5.75 Å². The lowest BCUT2D eigenvalue weighted by atomic mass is 9.93. The Bertz CT molecular complexity index is 938. The van der Waals surface area contributed by atoms with Crippen molar-refractivity contribution in [3.05, 3.63) is 54.4 Å². The Labute approximate surface area is 177 Å². The molecule has 0 aliphatic carbocycles. The highest BCUT2D eigenvalue weighted by molar-refractivity contribution is 5.95. The fourth-order valence-corrected chi connectivity index (χ4v) is 2.32. The van der Waals surface area contributed by atoms with Gasteiger partial charge in [-0.05, 0) is 36.4 Å². The molecule has 1 aromatic heterocycles. The van der Waals surface area contributed by atoms with Crippen molar-refractivity contribution >= 4 is 17.6 Å². The lowest BCUT2D eigenvalue weighted by Crippen LogP contribution is -2.37. The van der Waals surface area contributed by atoms with Gasteiger partial charge in [0.2, 0.25) is 5.96 Å². The maximum absolute atomic E-state index is 12.3. The molecule has 1 heterocycles. The molecule has 0 radical (unpaired) electrons. The first-order valence-corrected chi connectivity index (χ1v) is 9.09. The number of hydrogen-bond acceptors (Lipinski definition) is 5. The second-order valence-corrected chi connectivity index (χ2v) is 7.19. The molecule has 8 nitrogen and oxygen atoms in total. The molecule has 3 N–H and O–H groups in total. The minimum atomic E-state index is -4.79. The molecular weight excluding hydrogens is 413 g/mol. The number of rotatable bonds is 7. The number of nitriles is 1. The number of aliphatic imine (C=N–C) groups is 1. The van der Waals surface area contributed by atoms with Gasteiger partial charge in [-0.2, -0.15) is 5.26 Å². The van der Waals surface area contributed by atoms with Crippen LogP contribution < -0.4 is 20.7 Å². The number of guanidine groups is 1. The number of nitrogens with zero attached hydrogens (tertiary/aromatic N) is 3.